The maximum absolute atomic E-state index is 12.9. The molecule has 0 radical (unpaired) electrons. The second kappa shape index (κ2) is 5.60. The minimum Gasteiger partial charge on any atom is -0.497 e. The molecule has 122 valence electrons. The lowest BCUT2D eigenvalue weighted by molar-refractivity contribution is 0.103. The molecule has 4 nitrogen and oxygen atoms in total. The van der Waals surface area contributed by atoms with Crippen LogP contribution in [0.3, 0.4) is 0 Å². The Morgan fingerprint density at radius 2 is 1.72 bits per heavy atom. The molecule has 2 aromatic carbocycles. The van der Waals surface area contributed by atoms with Gasteiger partial charge in [-0.3, -0.25) is 9.59 Å². The van der Waals surface area contributed by atoms with E-state index in [0.29, 0.717) is 39.3 Å². The molecule has 0 saturated carbocycles. The number of ketones is 2. The van der Waals surface area contributed by atoms with Gasteiger partial charge >= 0.3 is 0 Å². The van der Waals surface area contributed by atoms with Crippen molar-refractivity contribution >= 4 is 17.1 Å². The van der Waals surface area contributed by atoms with Gasteiger partial charge in [0.05, 0.1) is 12.7 Å². The fraction of sp³-hybridized carbons (Fsp3) is 0.0476. The molecule has 0 saturated heterocycles. The molecule has 0 atom stereocenters. The third-order valence-corrected chi connectivity index (χ3v) is 4.38. The average Bonchev–Trinajstić information content (AvgIpc) is 3.11. The van der Waals surface area contributed by atoms with Crippen LogP contribution in [0.15, 0.2) is 65.8 Å². The molecule has 1 aromatic heterocycles. The van der Waals surface area contributed by atoms with Gasteiger partial charge in [-0.2, -0.15) is 0 Å². The van der Waals surface area contributed by atoms with Gasteiger partial charge in [-0.15, -0.1) is 0 Å². The molecular weight excluding hydrogens is 316 g/mol. The fourth-order valence-corrected chi connectivity index (χ4v) is 3.08. The average molecular weight is 330 g/mol. The molecule has 1 heterocycles. The first-order valence-corrected chi connectivity index (χ1v) is 7.75. The van der Waals surface area contributed by atoms with Crippen molar-refractivity contribution in [1.82, 2.24) is 0 Å². The van der Waals surface area contributed by atoms with Gasteiger partial charge in [0.1, 0.15) is 17.8 Å². The van der Waals surface area contributed by atoms with Crippen molar-refractivity contribution in [2.24, 2.45) is 0 Å². The smallest absolute Gasteiger partial charge is 0.196 e. The molecule has 0 unspecified atom stereocenters. The third-order valence-electron chi connectivity index (χ3n) is 4.38. The van der Waals surface area contributed by atoms with E-state index in [4.69, 9.17) is 9.15 Å². The largest absolute Gasteiger partial charge is 0.497 e. The molecule has 3 aromatic rings. The van der Waals surface area contributed by atoms with E-state index in [-0.39, 0.29) is 17.1 Å². The SMILES string of the molecule is C=C1C(=O)c2ccccc2-c2occ(C(=O)c3ccc(OC)cc3)c21. The molecule has 0 N–H and O–H groups in total. The zero-order valence-electron chi connectivity index (χ0n) is 13.5. The molecule has 25 heavy (non-hydrogen) atoms. The predicted octanol–water partition coefficient (Wildman–Crippen LogP) is 4.40. The van der Waals surface area contributed by atoms with Crippen molar-refractivity contribution < 1.29 is 18.7 Å². The van der Waals surface area contributed by atoms with E-state index in [1.165, 1.54) is 6.26 Å². The van der Waals surface area contributed by atoms with Crippen molar-refractivity contribution in [3.8, 4) is 17.1 Å². The minimum absolute atomic E-state index is 0.187. The van der Waals surface area contributed by atoms with Crippen LogP contribution in [0.25, 0.3) is 16.9 Å². The van der Waals surface area contributed by atoms with E-state index in [1.54, 1.807) is 43.5 Å². The van der Waals surface area contributed by atoms with Crippen LogP contribution in [-0.2, 0) is 0 Å². The monoisotopic (exact) mass is 330 g/mol. The molecule has 1 aliphatic rings. The molecule has 0 fully saturated rings. The Bertz CT molecular complexity index is 1020. The summed E-state index contributed by atoms with van der Waals surface area (Å²) in [4.78, 5) is 25.5. The normalized spacial score (nSPS) is 12.5. The first-order valence-electron chi connectivity index (χ1n) is 7.75. The number of allylic oxidation sites excluding steroid dienone is 1. The molecule has 0 spiro atoms. The number of benzene rings is 2. The van der Waals surface area contributed by atoms with Crippen molar-refractivity contribution in [3.05, 3.63) is 83.6 Å². The van der Waals surface area contributed by atoms with Gasteiger partial charge < -0.3 is 9.15 Å². The number of carbonyl (C=O) groups excluding carboxylic acids is 2. The number of ether oxygens (including phenoxy) is 1. The summed E-state index contributed by atoms with van der Waals surface area (Å²) in [5, 5.41) is 0. The van der Waals surface area contributed by atoms with Crippen LogP contribution in [0.5, 0.6) is 5.75 Å². The lowest BCUT2D eigenvalue weighted by Crippen LogP contribution is -2.12. The Kier molecular flexibility index (Phi) is 3.39. The molecule has 4 rings (SSSR count). The summed E-state index contributed by atoms with van der Waals surface area (Å²) in [6.45, 7) is 3.89. The summed E-state index contributed by atoms with van der Waals surface area (Å²) < 4.78 is 10.8. The Balaban J connectivity index is 1.84. The van der Waals surface area contributed by atoms with Crippen LogP contribution in [0.4, 0.5) is 0 Å². The van der Waals surface area contributed by atoms with Gasteiger partial charge in [0.25, 0.3) is 0 Å². The van der Waals surface area contributed by atoms with Crippen LogP contribution < -0.4 is 4.74 Å². The summed E-state index contributed by atoms with van der Waals surface area (Å²) in [6, 6.07) is 14.0. The first-order chi connectivity index (χ1) is 12.1. The number of fused-ring (bicyclic) bond motifs is 3. The predicted molar refractivity (Wildman–Crippen MR) is 93.9 cm³/mol. The number of rotatable bonds is 3. The molecular formula is C21H14O4. The zero-order chi connectivity index (χ0) is 17.6. The highest BCUT2D eigenvalue weighted by Gasteiger charge is 2.33. The number of hydrogen-bond donors (Lipinski definition) is 0. The van der Waals surface area contributed by atoms with Gasteiger partial charge in [-0.05, 0) is 24.3 Å². The van der Waals surface area contributed by atoms with E-state index in [9.17, 15) is 9.59 Å². The summed E-state index contributed by atoms with van der Waals surface area (Å²) in [5.74, 6) is 0.769. The van der Waals surface area contributed by atoms with E-state index in [1.807, 2.05) is 12.1 Å². The van der Waals surface area contributed by atoms with E-state index in [0.717, 1.165) is 0 Å². The van der Waals surface area contributed by atoms with Crippen LogP contribution in [0, 0.1) is 0 Å². The minimum atomic E-state index is -0.221. The zero-order valence-corrected chi connectivity index (χ0v) is 13.5. The summed E-state index contributed by atoms with van der Waals surface area (Å²) in [7, 11) is 1.57. The maximum atomic E-state index is 12.9. The Labute approximate surface area is 144 Å². The van der Waals surface area contributed by atoms with Crippen molar-refractivity contribution in [1.29, 1.82) is 0 Å². The summed E-state index contributed by atoms with van der Waals surface area (Å²) in [5.41, 5.74) is 2.81. The van der Waals surface area contributed by atoms with Crippen molar-refractivity contribution in [3.63, 3.8) is 0 Å². The van der Waals surface area contributed by atoms with E-state index in [2.05, 4.69) is 6.58 Å². The highest BCUT2D eigenvalue weighted by molar-refractivity contribution is 6.35. The number of methoxy groups -OCH3 is 1. The fourth-order valence-electron chi connectivity index (χ4n) is 3.08. The van der Waals surface area contributed by atoms with Crippen molar-refractivity contribution in [2.45, 2.75) is 0 Å². The van der Waals surface area contributed by atoms with Crippen molar-refractivity contribution in [2.75, 3.05) is 7.11 Å². The number of carbonyl (C=O) groups is 2. The second-order valence-corrected chi connectivity index (χ2v) is 5.76. The van der Waals surface area contributed by atoms with Gasteiger partial charge in [0.15, 0.2) is 11.6 Å². The number of hydrogen-bond acceptors (Lipinski definition) is 4. The maximum Gasteiger partial charge on any atom is 0.196 e. The highest BCUT2D eigenvalue weighted by atomic mass is 16.5. The van der Waals surface area contributed by atoms with E-state index >= 15 is 0 Å². The molecule has 1 aliphatic carbocycles. The van der Waals surface area contributed by atoms with E-state index < -0.39 is 0 Å². The topological polar surface area (TPSA) is 56.5 Å². The van der Waals surface area contributed by atoms with Gasteiger partial charge in [-0.1, -0.05) is 30.8 Å². The van der Waals surface area contributed by atoms with Crippen LogP contribution >= 0.6 is 0 Å². The number of furan rings is 1. The molecule has 0 aliphatic heterocycles. The van der Waals surface area contributed by atoms with Gasteiger partial charge in [0.2, 0.25) is 0 Å². The quantitative estimate of drug-likeness (QED) is 0.528. The van der Waals surface area contributed by atoms with Crippen LogP contribution in [0.2, 0.25) is 0 Å². The molecule has 0 amide bonds. The third kappa shape index (κ3) is 2.22. The Morgan fingerprint density at radius 1 is 1.04 bits per heavy atom. The first kappa shape index (κ1) is 15.1. The van der Waals surface area contributed by atoms with Gasteiger partial charge in [0, 0.05) is 27.8 Å². The lowest BCUT2D eigenvalue weighted by Gasteiger charge is -2.16. The molecule has 0 bridgehead atoms. The lowest BCUT2D eigenvalue weighted by atomic mass is 9.83. The van der Waals surface area contributed by atoms with Crippen LogP contribution in [-0.4, -0.2) is 18.7 Å². The molecule has 4 heteroatoms. The Morgan fingerprint density at radius 3 is 2.40 bits per heavy atom. The number of Topliss-reactive ketones (excluding diaryl/α,β-unsaturated/α-hetero) is 1. The Hall–Kier alpha value is -3.40. The highest BCUT2D eigenvalue weighted by Crippen LogP contribution is 2.41. The van der Waals surface area contributed by atoms with Gasteiger partial charge in [-0.25, -0.2) is 0 Å². The summed E-state index contributed by atoms with van der Waals surface area (Å²) in [6.07, 6.45) is 1.40. The second-order valence-electron chi connectivity index (χ2n) is 5.76. The summed E-state index contributed by atoms with van der Waals surface area (Å²) >= 11 is 0. The van der Waals surface area contributed by atoms with Crippen LogP contribution in [0.1, 0.15) is 31.8 Å². The standard InChI is InChI=1S/C21H14O4/c1-12-18-17(20(23)13-7-9-14(24-2)10-8-13)11-25-21(18)16-6-4-3-5-15(16)19(12)22/h3-11H,1H2,2H3.